The molecule has 0 bridgehead atoms. The summed E-state index contributed by atoms with van der Waals surface area (Å²) in [5.41, 5.74) is 4.27. The van der Waals surface area contributed by atoms with Gasteiger partial charge in [0.05, 0.1) is 17.1 Å². The highest BCUT2D eigenvalue weighted by Gasteiger charge is 2.18. The minimum atomic E-state index is -3.57. The van der Waals surface area contributed by atoms with E-state index in [0.29, 0.717) is 10.6 Å². The molecule has 2 aromatic heterocycles. The molecule has 0 aliphatic rings. The van der Waals surface area contributed by atoms with Crippen LogP contribution in [0.15, 0.2) is 47.6 Å². The second-order valence-electron chi connectivity index (χ2n) is 5.72. The van der Waals surface area contributed by atoms with Gasteiger partial charge in [-0.05, 0) is 55.7 Å². The van der Waals surface area contributed by atoms with Crippen molar-refractivity contribution in [2.45, 2.75) is 32.2 Å². The monoisotopic (exact) mass is 329 g/mol. The molecule has 0 unspecified atom stereocenters. The lowest BCUT2D eigenvalue weighted by atomic mass is 10.1. The molecule has 2 heterocycles. The average Bonchev–Trinajstić information content (AvgIpc) is 2.92. The number of aryl methyl sites for hydroxylation is 3. The van der Waals surface area contributed by atoms with Gasteiger partial charge in [-0.25, -0.2) is 18.1 Å². The summed E-state index contributed by atoms with van der Waals surface area (Å²) in [5, 5.41) is 0. The topological polar surface area (TPSA) is 63.5 Å². The maximum atomic E-state index is 12.6. The number of imidazole rings is 1. The molecule has 0 saturated heterocycles. The van der Waals surface area contributed by atoms with E-state index in [2.05, 4.69) is 9.71 Å². The first-order chi connectivity index (χ1) is 10.9. The Kier molecular flexibility index (Phi) is 3.95. The van der Waals surface area contributed by atoms with E-state index in [1.807, 2.05) is 61.8 Å². The van der Waals surface area contributed by atoms with Crippen molar-refractivity contribution in [3.63, 3.8) is 0 Å². The minimum absolute atomic E-state index is 0.163. The van der Waals surface area contributed by atoms with Crippen molar-refractivity contribution in [2.75, 3.05) is 0 Å². The van der Waals surface area contributed by atoms with Crippen molar-refractivity contribution < 1.29 is 8.42 Å². The van der Waals surface area contributed by atoms with E-state index < -0.39 is 10.0 Å². The number of pyridine rings is 1. The van der Waals surface area contributed by atoms with Crippen molar-refractivity contribution >= 4 is 15.7 Å². The van der Waals surface area contributed by atoms with Gasteiger partial charge < -0.3 is 4.40 Å². The first-order valence-electron chi connectivity index (χ1n) is 7.37. The van der Waals surface area contributed by atoms with Gasteiger partial charge in [0.1, 0.15) is 5.65 Å². The number of fused-ring (bicyclic) bond motifs is 1. The summed E-state index contributed by atoms with van der Waals surface area (Å²) in [6.07, 6.45) is 3.71. The van der Waals surface area contributed by atoms with Crippen LogP contribution in [0.5, 0.6) is 0 Å². The van der Waals surface area contributed by atoms with Gasteiger partial charge in [0.25, 0.3) is 0 Å². The number of benzene rings is 1. The van der Waals surface area contributed by atoms with Crippen LogP contribution in [-0.2, 0) is 16.6 Å². The van der Waals surface area contributed by atoms with Gasteiger partial charge in [0.2, 0.25) is 10.0 Å². The summed E-state index contributed by atoms with van der Waals surface area (Å²) in [6.45, 7) is 5.86. The SMILES string of the molecule is Cc1cc(C)c(S(=O)(=O)NCc2cn3ccccc3n2)cc1C. The Bertz CT molecular complexity index is 942. The van der Waals surface area contributed by atoms with Gasteiger partial charge in [0.15, 0.2) is 0 Å². The van der Waals surface area contributed by atoms with Crippen LogP contribution >= 0.6 is 0 Å². The van der Waals surface area contributed by atoms with Crippen molar-refractivity contribution in [3.8, 4) is 0 Å². The Morgan fingerprint density at radius 3 is 2.57 bits per heavy atom. The van der Waals surface area contributed by atoms with Crippen molar-refractivity contribution in [2.24, 2.45) is 0 Å². The standard InChI is InChI=1S/C17H19N3O2S/c1-12-8-14(3)16(9-13(12)2)23(21,22)18-10-15-11-20-7-5-4-6-17(20)19-15/h4-9,11,18H,10H2,1-3H3. The zero-order valence-electron chi connectivity index (χ0n) is 13.4. The Morgan fingerprint density at radius 2 is 1.83 bits per heavy atom. The van der Waals surface area contributed by atoms with Gasteiger partial charge in [0, 0.05) is 12.4 Å². The van der Waals surface area contributed by atoms with Gasteiger partial charge in [-0.15, -0.1) is 0 Å². The molecule has 0 atom stereocenters. The fourth-order valence-corrected chi connectivity index (χ4v) is 3.85. The summed E-state index contributed by atoms with van der Waals surface area (Å²) in [5.74, 6) is 0. The second kappa shape index (κ2) is 5.79. The minimum Gasteiger partial charge on any atom is -0.307 e. The highest BCUT2D eigenvalue weighted by molar-refractivity contribution is 7.89. The number of aromatic nitrogens is 2. The Balaban J connectivity index is 1.85. The molecule has 0 fully saturated rings. The van der Waals surface area contributed by atoms with E-state index >= 15 is 0 Å². The fourth-order valence-electron chi connectivity index (χ4n) is 2.54. The molecule has 3 rings (SSSR count). The molecule has 0 radical (unpaired) electrons. The maximum absolute atomic E-state index is 12.6. The molecule has 0 spiro atoms. The first-order valence-corrected chi connectivity index (χ1v) is 8.85. The highest BCUT2D eigenvalue weighted by atomic mass is 32.2. The molecule has 3 aromatic rings. The van der Waals surface area contributed by atoms with E-state index in [-0.39, 0.29) is 6.54 Å². The number of nitrogens with zero attached hydrogens (tertiary/aromatic N) is 2. The normalized spacial score (nSPS) is 12.0. The predicted octanol–water partition coefficient (Wildman–Crippen LogP) is 2.74. The third-order valence-corrected chi connectivity index (χ3v) is 5.48. The van der Waals surface area contributed by atoms with Crippen LogP contribution in [0.2, 0.25) is 0 Å². The van der Waals surface area contributed by atoms with E-state index in [4.69, 9.17) is 0 Å². The van der Waals surface area contributed by atoms with Gasteiger partial charge in [-0.3, -0.25) is 0 Å². The van der Waals surface area contributed by atoms with Crippen LogP contribution in [0.1, 0.15) is 22.4 Å². The third kappa shape index (κ3) is 3.13. The van der Waals surface area contributed by atoms with Crippen LogP contribution < -0.4 is 4.72 Å². The zero-order valence-corrected chi connectivity index (χ0v) is 14.2. The molecule has 6 heteroatoms. The van der Waals surface area contributed by atoms with Crippen molar-refractivity contribution in [1.29, 1.82) is 0 Å². The molecular weight excluding hydrogens is 310 g/mol. The summed E-state index contributed by atoms with van der Waals surface area (Å²) in [7, 11) is -3.57. The molecule has 0 aliphatic carbocycles. The zero-order chi connectivity index (χ0) is 16.6. The molecular formula is C17H19N3O2S. The van der Waals surface area contributed by atoms with Crippen LogP contribution in [0.3, 0.4) is 0 Å². The molecule has 1 N–H and O–H groups in total. The molecule has 0 aliphatic heterocycles. The largest absolute Gasteiger partial charge is 0.307 e. The van der Waals surface area contributed by atoms with E-state index in [9.17, 15) is 8.42 Å². The molecule has 1 aromatic carbocycles. The lowest BCUT2D eigenvalue weighted by Crippen LogP contribution is -2.24. The quantitative estimate of drug-likeness (QED) is 0.800. The van der Waals surface area contributed by atoms with Crippen LogP contribution in [0, 0.1) is 20.8 Å². The molecule has 23 heavy (non-hydrogen) atoms. The molecule has 0 saturated carbocycles. The van der Waals surface area contributed by atoms with Crippen molar-refractivity contribution in [1.82, 2.24) is 14.1 Å². The second-order valence-corrected chi connectivity index (χ2v) is 7.46. The van der Waals surface area contributed by atoms with E-state index in [1.165, 1.54) is 0 Å². The fraction of sp³-hybridized carbons (Fsp3) is 0.235. The van der Waals surface area contributed by atoms with Gasteiger partial charge >= 0.3 is 0 Å². The molecule has 0 amide bonds. The number of sulfonamides is 1. The first kappa shape index (κ1) is 15.7. The Morgan fingerprint density at radius 1 is 1.09 bits per heavy atom. The summed E-state index contributed by atoms with van der Waals surface area (Å²) in [4.78, 5) is 4.72. The van der Waals surface area contributed by atoms with Gasteiger partial charge in [-0.1, -0.05) is 12.1 Å². The number of nitrogens with one attached hydrogen (secondary N) is 1. The number of hydrogen-bond donors (Lipinski definition) is 1. The Labute approximate surface area is 136 Å². The predicted molar refractivity (Wildman–Crippen MR) is 89.9 cm³/mol. The summed E-state index contributed by atoms with van der Waals surface area (Å²) in [6, 6.07) is 9.30. The molecule has 120 valence electrons. The summed E-state index contributed by atoms with van der Waals surface area (Å²) >= 11 is 0. The smallest absolute Gasteiger partial charge is 0.241 e. The number of rotatable bonds is 4. The lowest BCUT2D eigenvalue weighted by molar-refractivity contribution is 0.580. The van der Waals surface area contributed by atoms with Crippen LogP contribution in [0.4, 0.5) is 0 Å². The third-order valence-electron chi connectivity index (χ3n) is 3.94. The number of hydrogen-bond acceptors (Lipinski definition) is 3. The summed E-state index contributed by atoms with van der Waals surface area (Å²) < 4.78 is 29.6. The van der Waals surface area contributed by atoms with E-state index in [1.54, 1.807) is 6.07 Å². The highest BCUT2D eigenvalue weighted by Crippen LogP contribution is 2.20. The Hall–Kier alpha value is -2.18. The average molecular weight is 329 g/mol. The van der Waals surface area contributed by atoms with Crippen LogP contribution in [0.25, 0.3) is 5.65 Å². The molecule has 5 nitrogen and oxygen atoms in total. The van der Waals surface area contributed by atoms with Gasteiger partial charge in [-0.2, -0.15) is 0 Å². The van der Waals surface area contributed by atoms with Crippen LogP contribution in [-0.4, -0.2) is 17.8 Å². The lowest BCUT2D eigenvalue weighted by Gasteiger charge is -2.11. The van der Waals surface area contributed by atoms with E-state index in [0.717, 1.165) is 22.3 Å². The maximum Gasteiger partial charge on any atom is 0.241 e. The van der Waals surface area contributed by atoms with Crippen molar-refractivity contribution in [3.05, 3.63) is 65.1 Å².